The fraction of sp³-hybridized carbons (Fsp3) is 0.455. The quantitative estimate of drug-likeness (QED) is 0.620. The van der Waals surface area contributed by atoms with Gasteiger partial charge in [0.2, 0.25) is 0 Å². The topological polar surface area (TPSA) is 20.2 Å². The zero-order valence-corrected chi connectivity index (χ0v) is 7.38. The van der Waals surface area contributed by atoms with Crippen LogP contribution in [-0.2, 0) is 12.0 Å². The highest BCUT2D eigenvalue weighted by Gasteiger charge is 2.28. The summed E-state index contributed by atoms with van der Waals surface area (Å²) in [6, 6.07) is 8.19. The van der Waals surface area contributed by atoms with Gasteiger partial charge in [0, 0.05) is 0 Å². The van der Waals surface area contributed by atoms with Crippen molar-refractivity contribution in [2.24, 2.45) is 0 Å². The molecule has 0 spiro atoms. The molecule has 0 heterocycles. The Balaban J connectivity index is 2.52. The van der Waals surface area contributed by atoms with E-state index in [9.17, 15) is 5.11 Å². The van der Waals surface area contributed by atoms with Gasteiger partial charge >= 0.3 is 0 Å². The molecule has 1 heteroatoms. The molecule has 0 radical (unpaired) electrons. The van der Waals surface area contributed by atoms with Crippen LogP contribution in [0.4, 0.5) is 0 Å². The van der Waals surface area contributed by atoms with Crippen molar-refractivity contribution in [3.05, 3.63) is 35.4 Å². The van der Waals surface area contributed by atoms with Gasteiger partial charge in [-0.25, -0.2) is 0 Å². The van der Waals surface area contributed by atoms with Crippen molar-refractivity contribution in [1.29, 1.82) is 0 Å². The van der Waals surface area contributed by atoms with Crippen molar-refractivity contribution in [3.63, 3.8) is 0 Å². The number of hydrogen-bond donors (Lipinski definition) is 1. The summed E-state index contributed by atoms with van der Waals surface area (Å²) >= 11 is 0. The minimum Gasteiger partial charge on any atom is -0.385 e. The Morgan fingerprint density at radius 3 is 2.83 bits per heavy atom. The first-order valence-electron chi connectivity index (χ1n) is 4.51. The van der Waals surface area contributed by atoms with Gasteiger partial charge < -0.3 is 5.11 Å². The third-order valence-corrected chi connectivity index (χ3v) is 2.71. The first-order valence-corrected chi connectivity index (χ1v) is 4.51. The molecule has 1 aromatic rings. The molecule has 0 amide bonds. The van der Waals surface area contributed by atoms with Gasteiger partial charge in [0.15, 0.2) is 0 Å². The summed E-state index contributed by atoms with van der Waals surface area (Å²) in [6.07, 6.45) is 3.11. The van der Waals surface area contributed by atoms with E-state index < -0.39 is 5.60 Å². The van der Waals surface area contributed by atoms with Gasteiger partial charge in [-0.3, -0.25) is 0 Å². The van der Waals surface area contributed by atoms with Crippen molar-refractivity contribution < 1.29 is 5.11 Å². The molecule has 0 bridgehead atoms. The molecular weight excluding hydrogens is 148 g/mol. The highest BCUT2D eigenvalue weighted by Crippen LogP contribution is 2.34. The number of aryl methyl sites for hydroxylation is 1. The Hall–Kier alpha value is -0.820. The molecule has 1 aliphatic carbocycles. The SMILES string of the molecule is C[C@@]1(O)CCCc2ccccc21. The summed E-state index contributed by atoms with van der Waals surface area (Å²) in [5, 5.41) is 10.0. The molecule has 1 N–H and O–H groups in total. The Morgan fingerprint density at radius 1 is 1.33 bits per heavy atom. The largest absolute Gasteiger partial charge is 0.385 e. The van der Waals surface area contributed by atoms with Crippen LogP contribution >= 0.6 is 0 Å². The van der Waals surface area contributed by atoms with Gasteiger partial charge in [-0.2, -0.15) is 0 Å². The van der Waals surface area contributed by atoms with E-state index in [1.165, 1.54) is 5.56 Å². The molecule has 1 aromatic carbocycles. The molecule has 0 saturated heterocycles. The van der Waals surface area contributed by atoms with Gasteiger partial charge in [0.05, 0.1) is 5.60 Å². The number of benzene rings is 1. The molecule has 12 heavy (non-hydrogen) atoms. The number of aliphatic hydroxyl groups is 1. The second-order valence-corrected chi connectivity index (χ2v) is 3.78. The zero-order chi connectivity index (χ0) is 8.60. The highest BCUT2D eigenvalue weighted by atomic mass is 16.3. The van der Waals surface area contributed by atoms with E-state index in [-0.39, 0.29) is 0 Å². The first-order chi connectivity index (χ1) is 5.70. The Labute approximate surface area is 73.0 Å². The molecule has 1 atom stereocenters. The first kappa shape index (κ1) is 7.81. The number of hydrogen-bond acceptors (Lipinski definition) is 1. The van der Waals surface area contributed by atoms with Crippen LogP contribution in [0.15, 0.2) is 24.3 Å². The van der Waals surface area contributed by atoms with E-state index in [4.69, 9.17) is 0 Å². The maximum atomic E-state index is 10.0. The fourth-order valence-corrected chi connectivity index (χ4v) is 2.02. The average Bonchev–Trinajstić information content (AvgIpc) is 2.04. The predicted octanol–water partition coefficient (Wildman–Crippen LogP) is 2.23. The maximum Gasteiger partial charge on any atom is 0.0871 e. The molecular formula is C11H14O. The fourth-order valence-electron chi connectivity index (χ4n) is 2.02. The van der Waals surface area contributed by atoms with Gasteiger partial charge in [0.1, 0.15) is 0 Å². The highest BCUT2D eigenvalue weighted by molar-refractivity contribution is 5.33. The van der Waals surface area contributed by atoms with Crippen molar-refractivity contribution in [2.75, 3.05) is 0 Å². The van der Waals surface area contributed by atoms with Crippen LogP contribution in [0.25, 0.3) is 0 Å². The molecule has 0 unspecified atom stereocenters. The van der Waals surface area contributed by atoms with Crippen LogP contribution in [0.1, 0.15) is 30.9 Å². The third kappa shape index (κ3) is 1.14. The van der Waals surface area contributed by atoms with Crippen LogP contribution in [0.5, 0.6) is 0 Å². The van der Waals surface area contributed by atoms with Gasteiger partial charge in [-0.05, 0) is 37.3 Å². The van der Waals surface area contributed by atoms with Crippen LogP contribution in [0.2, 0.25) is 0 Å². The van der Waals surface area contributed by atoms with Crippen molar-refractivity contribution in [2.45, 2.75) is 31.8 Å². The van der Waals surface area contributed by atoms with E-state index in [0.717, 1.165) is 24.8 Å². The monoisotopic (exact) mass is 162 g/mol. The number of rotatable bonds is 0. The van der Waals surface area contributed by atoms with Crippen molar-refractivity contribution in [3.8, 4) is 0 Å². The minimum atomic E-state index is -0.588. The minimum absolute atomic E-state index is 0.588. The normalized spacial score (nSPS) is 28.2. The van der Waals surface area contributed by atoms with Gasteiger partial charge in [0.25, 0.3) is 0 Å². The van der Waals surface area contributed by atoms with Gasteiger partial charge in [-0.1, -0.05) is 24.3 Å². The summed E-state index contributed by atoms with van der Waals surface area (Å²) in [6.45, 7) is 1.91. The Bertz CT molecular complexity index is 289. The van der Waals surface area contributed by atoms with E-state index in [1.54, 1.807) is 0 Å². The summed E-state index contributed by atoms with van der Waals surface area (Å²) in [5.41, 5.74) is 1.85. The molecule has 1 aliphatic rings. The summed E-state index contributed by atoms with van der Waals surface area (Å²) in [7, 11) is 0. The lowest BCUT2D eigenvalue weighted by Gasteiger charge is -2.30. The lowest BCUT2D eigenvalue weighted by atomic mass is 9.80. The smallest absolute Gasteiger partial charge is 0.0871 e. The van der Waals surface area contributed by atoms with Gasteiger partial charge in [-0.15, -0.1) is 0 Å². The molecule has 0 fully saturated rings. The molecule has 1 nitrogen and oxygen atoms in total. The standard InChI is InChI=1S/C11H14O/c1-11(12)8-4-6-9-5-2-3-7-10(9)11/h2-3,5,7,12H,4,6,8H2,1H3/t11-/m1/s1. The average molecular weight is 162 g/mol. The second kappa shape index (κ2) is 2.60. The molecule has 0 aliphatic heterocycles. The van der Waals surface area contributed by atoms with Crippen molar-refractivity contribution in [1.82, 2.24) is 0 Å². The Morgan fingerprint density at radius 2 is 2.08 bits per heavy atom. The third-order valence-electron chi connectivity index (χ3n) is 2.71. The Kier molecular flexibility index (Phi) is 1.69. The van der Waals surface area contributed by atoms with E-state index >= 15 is 0 Å². The molecule has 64 valence electrons. The molecule has 0 saturated carbocycles. The lowest BCUT2D eigenvalue weighted by Crippen LogP contribution is -2.26. The van der Waals surface area contributed by atoms with E-state index in [1.807, 2.05) is 25.1 Å². The summed E-state index contributed by atoms with van der Waals surface area (Å²) in [5.74, 6) is 0. The second-order valence-electron chi connectivity index (χ2n) is 3.78. The summed E-state index contributed by atoms with van der Waals surface area (Å²) < 4.78 is 0. The van der Waals surface area contributed by atoms with Crippen LogP contribution in [-0.4, -0.2) is 5.11 Å². The summed E-state index contributed by atoms with van der Waals surface area (Å²) in [4.78, 5) is 0. The maximum absolute atomic E-state index is 10.0. The van der Waals surface area contributed by atoms with E-state index in [2.05, 4.69) is 6.07 Å². The van der Waals surface area contributed by atoms with Crippen LogP contribution < -0.4 is 0 Å². The van der Waals surface area contributed by atoms with E-state index in [0.29, 0.717) is 0 Å². The van der Waals surface area contributed by atoms with Crippen LogP contribution in [0.3, 0.4) is 0 Å². The van der Waals surface area contributed by atoms with Crippen molar-refractivity contribution >= 4 is 0 Å². The number of fused-ring (bicyclic) bond motifs is 1. The lowest BCUT2D eigenvalue weighted by molar-refractivity contribution is 0.0387. The zero-order valence-electron chi connectivity index (χ0n) is 7.38. The molecule has 0 aromatic heterocycles. The molecule has 2 rings (SSSR count). The van der Waals surface area contributed by atoms with Crippen LogP contribution in [0, 0.1) is 0 Å². The predicted molar refractivity (Wildman–Crippen MR) is 49.0 cm³/mol.